The molecule has 0 aliphatic carbocycles. The molecule has 1 saturated heterocycles. The average molecular weight is 263 g/mol. The van der Waals surface area contributed by atoms with Gasteiger partial charge in [-0.15, -0.1) is 0 Å². The van der Waals surface area contributed by atoms with Gasteiger partial charge in [0.25, 0.3) is 0 Å². The van der Waals surface area contributed by atoms with Crippen molar-refractivity contribution in [2.75, 3.05) is 13.1 Å². The minimum Gasteiger partial charge on any atom is -0.385 e. The molecule has 0 spiro atoms. The van der Waals surface area contributed by atoms with Gasteiger partial charge in [0.15, 0.2) is 0 Å². The van der Waals surface area contributed by atoms with Crippen molar-refractivity contribution in [1.82, 2.24) is 5.32 Å². The molecule has 0 radical (unpaired) electrons. The zero-order valence-corrected chi connectivity index (χ0v) is 12.2. The second kappa shape index (κ2) is 5.23. The number of benzene rings is 1. The summed E-state index contributed by atoms with van der Waals surface area (Å²) in [6.45, 7) is 7.29. The van der Waals surface area contributed by atoms with Crippen LogP contribution in [0, 0.1) is 6.92 Å². The summed E-state index contributed by atoms with van der Waals surface area (Å²) < 4.78 is 0. The van der Waals surface area contributed by atoms with Crippen LogP contribution in [0.1, 0.15) is 43.4 Å². The molecule has 1 heterocycles. The highest BCUT2D eigenvalue weighted by molar-refractivity contribution is 5.36. The Morgan fingerprint density at radius 2 is 2.00 bits per heavy atom. The maximum absolute atomic E-state index is 11.1. The molecule has 19 heavy (non-hydrogen) atoms. The van der Waals surface area contributed by atoms with E-state index in [0.29, 0.717) is 19.4 Å². The van der Waals surface area contributed by atoms with E-state index in [-0.39, 0.29) is 0 Å². The summed E-state index contributed by atoms with van der Waals surface area (Å²) in [6, 6.07) is 6.06. The first-order valence-electron chi connectivity index (χ1n) is 7.22. The van der Waals surface area contributed by atoms with E-state index in [2.05, 4.69) is 25.2 Å². The Kier molecular flexibility index (Phi) is 4.00. The first-order chi connectivity index (χ1) is 8.97. The highest BCUT2D eigenvalue weighted by Crippen LogP contribution is 2.40. The van der Waals surface area contributed by atoms with Crippen molar-refractivity contribution < 1.29 is 10.2 Å². The van der Waals surface area contributed by atoms with Gasteiger partial charge >= 0.3 is 0 Å². The number of piperidine rings is 1. The van der Waals surface area contributed by atoms with Crippen molar-refractivity contribution in [2.45, 2.75) is 51.2 Å². The average Bonchev–Trinajstić information content (AvgIpc) is 2.42. The Hall–Kier alpha value is -0.900. The molecule has 1 aliphatic heterocycles. The molecule has 1 fully saturated rings. The first-order valence-corrected chi connectivity index (χ1v) is 7.22. The van der Waals surface area contributed by atoms with Gasteiger partial charge in [-0.3, -0.25) is 0 Å². The van der Waals surface area contributed by atoms with Crippen molar-refractivity contribution in [2.24, 2.45) is 0 Å². The van der Waals surface area contributed by atoms with Crippen LogP contribution in [0.4, 0.5) is 0 Å². The normalized spacial score (nSPS) is 31.4. The number of nitrogens with one attached hydrogen (secondary N) is 1. The van der Waals surface area contributed by atoms with Gasteiger partial charge in [0.2, 0.25) is 0 Å². The maximum atomic E-state index is 11.1. The fourth-order valence-corrected chi connectivity index (χ4v) is 3.08. The lowest BCUT2D eigenvalue weighted by molar-refractivity contribution is -0.174. The van der Waals surface area contributed by atoms with E-state index in [9.17, 15) is 10.2 Å². The highest BCUT2D eigenvalue weighted by atomic mass is 16.4. The number of aliphatic hydroxyl groups is 2. The van der Waals surface area contributed by atoms with Crippen LogP contribution >= 0.6 is 0 Å². The summed E-state index contributed by atoms with van der Waals surface area (Å²) in [7, 11) is 0. The highest BCUT2D eigenvalue weighted by Gasteiger charge is 2.50. The Labute approximate surface area is 115 Å². The van der Waals surface area contributed by atoms with Crippen LogP contribution in [0.2, 0.25) is 0 Å². The third-order valence-electron chi connectivity index (χ3n) is 4.64. The van der Waals surface area contributed by atoms with E-state index in [1.165, 1.54) is 11.1 Å². The Morgan fingerprint density at radius 3 is 2.63 bits per heavy atom. The summed E-state index contributed by atoms with van der Waals surface area (Å²) in [5.74, 6) is 0. The SMILES string of the molecule is CCc1cc(C2(O)CCNCC2(O)CC)ccc1C. The second-order valence-corrected chi connectivity index (χ2v) is 5.67. The molecule has 1 aliphatic rings. The molecule has 0 bridgehead atoms. The summed E-state index contributed by atoms with van der Waals surface area (Å²) >= 11 is 0. The van der Waals surface area contributed by atoms with Gasteiger partial charge in [0.05, 0.1) is 0 Å². The molecule has 2 atom stereocenters. The fraction of sp³-hybridized carbons (Fsp3) is 0.625. The molecule has 3 nitrogen and oxygen atoms in total. The molecule has 1 aromatic rings. The van der Waals surface area contributed by atoms with Gasteiger partial charge in [0.1, 0.15) is 11.2 Å². The molecular weight excluding hydrogens is 238 g/mol. The topological polar surface area (TPSA) is 52.5 Å². The molecule has 1 aromatic carbocycles. The summed E-state index contributed by atoms with van der Waals surface area (Å²) in [6.07, 6.45) is 2.02. The Morgan fingerprint density at radius 1 is 1.26 bits per heavy atom. The number of aryl methyl sites for hydroxylation is 2. The van der Waals surface area contributed by atoms with Gasteiger partial charge in [-0.1, -0.05) is 32.0 Å². The molecule has 2 rings (SSSR count). The molecule has 0 saturated carbocycles. The van der Waals surface area contributed by atoms with E-state index in [1.807, 2.05) is 19.1 Å². The van der Waals surface area contributed by atoms with Crippen LogP contribution in [0.25, 0.3) is 0 Å². The maximum Gasteiger partial charge on any atom is 0.121 e. The smallest absolute Gasteiger partial charge is 0.121 e. The molecule has 106 valence electrons. The Balaban J connectivity index is 2.47. The first kappa shape index (κ1) is 14.5. The van der Waals surface area contributed by atoms with Gasteiger partial charge in [-0.2, -0.15) is 0 Å². The zero-order valence-electron chi connectivity index (χ0n) is 12.2. The minimum absolute atomic E-state index is 0.440. The van der Waals surface area contributed by atoms with Crippen LogP contribution in [0.5, 0.6) is 0 Å². The quantitative estimate of drug-likeness (QED) is 0.780. The van der Waals surface area contributed by atoms with Crippen LogP contribution in [-0.2, 0) is 12.0 Å². The largest absolute Gasteiger partial charge is 0.385 e. The van der Waals surface area contributed by atoms with Crippen LogP contribution in [0.15, 0.2) is 18.2 Å². The lowest BCUT2D eigenvalue weighted by atomic mass is 9.71. The van der Waals surface area contributed by atoms with Gasteiger partial charge in [-0.05, 0) is 49.4 Å². The van der Waals surface area contributed by atoms with Crippen molar-refractivity contribution in [3.63, 3.8) is 0 Å². The number of hydrogen-bond donors (Lipinski definition) is 3. The lowest BCUT2D eigenvalue weighted by Crippen LogP contribution is -2.61. The van der Waals surface area contributed by atoms with Crippen molar-refractivity contribution in [3.8, 4) is 0 Å². The molecule has 0 amide bonds. The molecule has 3 heteroatoms. The number of rotatable bonds is 3. The summed E-state index contributed by atoms with van der Waals surface area (Å²) in [5.41, 5.74) is 1.09. The molecule has 2 unspecified atom stereocenters. The minimum atomic E-state index is -1.15. The predicted octanol–water partition coefficient (Wildman–Crippen LogP) is 1.88. The van der Waals surface area contributed by atoms with E-state index in [0.717, 1.165) is 18.5 Å². The molecular formula is C16H25NO2. The fourth-order valence-electron chi connectivity index (χ4n) is 3.08. The van der Waals surface area contributed by atoms with E-state index < -0.39 is 11.2 Å². The lowest BCUT2D eigenvalue weighted by Gasteiger charge is -2.47. The van der Waals surface area contributed by atoms with Gasteiger partial charge in [-0.25, -0.2) is 0 Å². The van der Waals surface area contributed by atoms with E-state index in [4.69, 9.17) is 0 Å². The summed E-state index contributed by atoms with van der Waals surface area (Å²) in [5, 5.41) is 25.0. The number of hydrogen-bond acceptors (Lipinski definition) is 3. The standard InChI is InChI=1S/C16H25NO2/c1-4-13-10-14(7-6-12(13)3)16(19)8-9-17-11-15(16,18)5-2/h6-7,10,17-19H,4-5,8-9,11H2,1-3H3. The van der Waals surface area contributed by atoms with Crippen molar-refractivity contribution in [1.29, 1.82) is 0 Å². The monoisotopic (exact) mass is 263 g/mol. The Bertz CT molecular complexity index is 460. The van der Waals surface area contributed by atoms with Gasteiger partial charge < -0.3 is 15.5 Å². The van der Waals surface area contributed by atoms with E-state index in [1.54, 1.807) is 0 Å². The predicted molar refractivity (Wildman–Crippen MR) is 77.2 cm³/mol. The van der Waals surface area contributed by atoms with E-state index >= 15 is 0 Å². The second-order valence-electron chi connectivity index (χ2n) is 5.67. The van der Waals surface area contributed by atoms with Crippen LogP contribution < -0.4 is 5.32 Å². The van der Waals surface area contributed by atoms with Gasteiger partial charge in [0, 0.05) is 6.54 Å². The van der Waals surface area contributed by atoms with Crippen molar-refractivity contribution in [3.05, 3.63) is 34.9 Å². The third-order valence-corrected chi connectivity index (χ3v) is 4.64. The third kappa shape index (κ3) is 2.31. The van der Waals surface area contributed by atoms with Crippen LogP contribution in [0.3, 0.4) is 0 Å². The molecule has 0 aromatic heterocycles. The van der Waals surface area contributed by atoms with Crippen molar-refractivity contribution >= 4 is 0 Å². The van der Waals surface area contributed by atoms with Crippen LogP contribution in [-0.4, -0.2) is 28.9 Å². The number of β-amino-alcohol motifs (C(OH)–C–C–N with tert-alkyl or cyclic N) is 1. The molecule has 3 N–H and O–H groups in total. The zero-order chi connectivity index (χ0) is 14.1. The summed E-state index contributed by atoms with van der Waals surface area (Å²) in [4.78, 5) is 0.